The first kappa shape index (κ1) is 18.4. The molecule has 0 atom stereocenters. The SMILES string of the molecule is CC(C)(C)c1cc(-c2cccc(-c3ccccn3)c2)cc(C(C)(C)C)c1. The van der Waals surface area contributed by atoms with Crippen molar-refractivity contribution in [1.29, 1.82) is 0 Å². The van der Waals surface area contributed by atoms with E-state index in [0.717, 1.165) is 11.3 Å². The first-order valence-corrected chi connectivity index (χ1v) is 9.32. The average Bonchev–Trinajstić information content (AvgIpc) is 2.61. The highest BCUT2D eigenvalue weighted by atomic mass is 14.7. The van der Waals surface area contributed by atoms with Crippen molar-refractivity contribution >= 4 is 0 Å². The van der Waals surface area contributed by atoms with E-state index in [1.807, 2.05) is 18.3 Å². The molecule has 1 heterocycles. The van der Waals surface area contributed by atoms with Crippen molar-refractivity contribution in [2.75, 3.05) is 0 Å². The molecule has 0 saturated carbocycles. The Morgan fingerprint density at radius 1 is 0.577 bits per heavy atom. The molecule has 0 N–H and O–H groups in total. The molecular weight excluding hydrogens is 314 g/mol. The molecule has 0 aliphatic rings. The quantitative estimate of drug-likeness (QED) is 0.487. The Morgan fingerprint density at radius 3 is 1.73 bits per heavy atom. The Morgan fingerprint density at radius 2 is 1.19 bits per heavy atom. The van der Waals surface area contributed by atoms with Crippen LogP contribution in [0.3, 0.4) is 0 Å². The second-order valence-corrected chi connectivity index (χ2v) is 9.09. The molecule has 0 radical (unpaired) electrons. The molecule has 0 bridgehead atoms. The second kappa shape index (κ2) is 6.72. The highest BCUT2D eigenvalue weighted by Crippen LogP contribution is 2.34. The fourth-order valence-corrected chi connectivity index (χ4v) is 3.05. The molecule has 3 aromatic rings. The number of nitrogens with zero attached hydrogens (tertiary/aromatic N) is 1. The lowest BCUT2D eigenvalue weighted by Crippen LogP contribution is -2.16. The molecule has 0 spiro atoms. The molecule has 0 unspecified atom stereocenters. The van der Waals surface area contributed by atoms with Crippen LogP contribution in [0.15, 0.2) is 66.9 Å². The van der Waals surface area contributed by atoms with Crippen molar-refractivity contribution in [1.82, 2.24) is 4.98 Å². The van der Waals surface area contributed by atoms with Crippen LogP contribution in [0.1, 0.15) is 52.7 Å². The highest BCUT2D eigenvalue weighted by Gasteiger charge is 2.21. The van der Waals surface area contributed by atoms with Gasteiger partial charge in [-0.1, -0.05) is 84.0 Å². The number of hydrogen-bond donors (Lipinski definition) is 0. The number of pyridine rings is 1. The van der Waals surface area contributed by atoms with Gasteiger partial charge in [0.25, 0.3) is 0 Å². The fourth-order valence-electron chi connectivity index (χ4n) is 3.05. The Kier molecular flexibility index (Phi) is 4.75. The smallest absolute Gasteiger partial charge is 0.0702 e. The standard InChI is InChI=1S/C25H29N/c1-24(2,3)21-15-20(16-22(17-21)25(4,5)6)18-10-9-11-19(14-18)23-12-7-8-13-26-23/h7-17H,1-6H3. The van der Waals surface area contributed by atoms with Crippen LogP contribution in [0.2, 0.25) is 0 Å². The van der Waals surface area contributed by atoms with Gasteiger partial charge >= 0.3 is 0 Å². The molecule has 0 aliphatic heterocycles. The van der Waals surface area contributed by atoms with Gasteiger partial charge in [0, 0.05) is 11.8 Å². The third kappa shape index (κ3) is 4.04. The summed E-state index contributed by atoms with van der Waals surface area (Å²) in [4.78, 5) is 4.50. The molecule has 3 rings (SSSR count). The van der Waals surface area contributed by atoms with Gasteiger partial charge in [-0.15, -0.1) is 0 Å². The maximum absolute atomic E-state index is 4.50. The van der Waals surface area contributed by atoms with Gasteiger partial charge in [-0.3, -0.25) is 4.98 Å². The molecule has 1 nitrogen and oxygen atoms in total. The van der Waals surface area contributed by atoms with E-state index < -0.39 is 0 Å². The molecule has 0 amide bonds. The van der Waals surface area contributed by atoms with Gasteiger partial charge in [-0.25, -0.2) is 0 Å². The number of hydrogen-bond acceptors (Lipinski definition) is 1. The van der Waals surface area contributed by atoms with Gasteiger partial charge < -0.3 is 0 Å². The van der Waals surface area contributed by atoms with Crippen molar-refractivity contribution in [3.05, 3.63) is 78.0 Å². The minimum atomic E-state index is 0.120. The lowest BCUT2D eigenvalue weighted by Gasteiger charge is -2.26. The van der Waals surface area contributed by atoms with E-state index in [0.29, 0.717) is 0 Å². The second-order valence-electron chi connectivity index (χ2n) is 9.09. The molecule has 26 heavy (non-hydrogen) atoms. The predicted molar refractivity (Wildman–Crippen MR) is 113 cm³/mol. The Labute approximate surface area is 158 Å². The monoisotopic (exact) mass is 343 g/mol. The van der Waals surface area contributed by atoms with Gasteiger partial charge in [0.2, 0.25) is 0 Å². The van der Waals surface area contributed by atoms with Crippen LogP contribution in [0.25, 0.3) is 22.4 Å². The van der Waals surface area contributed by atoms with E-state index in [1.165, 1.54) is 22.3 Å². The Hall–Kier alpha value is -2.41. The molecule has 1 aromatic heterocycles. The zero-order chi connectivity index (χ0) is 18.9. The minimum absolute atomic E-state index is 0.120. The molecule has 1 heteroatoms. The molecule has 0 aliphatic carbocycles. The first-order valence-electron chi connectivity index (χ1n) is 9.32. The lowest BCUT2D eigenvalue weighted by atomic mass is 9.79. The molecule has 0 saturated heterocycles. The van der Waals surface area contributed by atoms with E-state index >= 15 is 0 Å². The predicted octanol–water partition coefficient (Wildman–Crippen LogP) is 7.01. The minimum Gasteiger partial charge on any atom is -0.256 e. The van der Waals surface area contributed by atoms with E-state index in [2.05, 4.69) is 95.1 Å². The summed E-state index contributed by atoms with van der Waals surface area (Å²) in [5, 5.41) is 0. The number of benzene rings is 2. The van der Waals surface area contributed by atoms with Crippen molar-refractivity contribution < 1.29 is 0 Å². The van der Waals surface area contributed by atoms with Gasteiger partial charge in [-0.05, 0) is 51.3 Å². The number of rotatable bonds is 2. The normalized spacial score (nSPS) is 12.2. The molecule has 0 fully saturated rings. The van der Waals surface area contributed by atoms with Crippen molar-refractivity contribution in [2.45, 2.75) is 52.4 Å². The summed E-state index contributed by atoms with van der Waals surface area (Å²) in [5.41, 5.74) is 7.68. The first-order chi connectivity index (χ1) is 12.1. The largest absolute Gasteiger partial charge is 0.256 e. The summed E-state index contributed by atoms with van der Waals surface area (Å²) >= 11 is 0. The van der Waals surface area contributed by atoms with Crippen molar-refractivity contribution in [2.24, 2.45) is 0 Å². The molecule has 134 valence electrons. The number of aromatic nitrogens is 1. The van der Waals surface area contributed by atoms with Crippen molar-refractivity contribution in [3.63, 3.8) is 0 Å². The van der Waals surface area contributed by atoms with Gasteiger partial charge in [0.1, 0.15) is 0 Å². The zero-order valence-electron chi connectivity index (χ0n) is 16.8. The summed E-state index contributed by atoms with van der Waals surface area (Å²) in [6.45, 7) is 13.7. The third-order valence-electron chi connectivity index (χ3n) is 4.82. The van der Waals surface area contributed by atoms with Crippen LogP contribution >= 0.6 is 0 Å². The van der Waals surface area contributed by atoms with Crippen molar-refractivity contribution in [3.8, 4) is 22.4 Å². The van der Waals surface area contributed by atoms with Crippen LogP contribution in [-0.2, 0) is 10.8 Å². The van der Waals surface area contributed by atoms with Gasteiger partial charge in [0.15, 0.2) is 0 Å². The summed E-state index contributed by atoms with van der Waals surface area (Å²) in [5.74, 6) is 0. The maximum Gasteiger partial charge on any atom is 0.0702 e. The fraction of sp³-hybridized carbons (Fsp3) is 0.320. The van der Waals surface area contributed by atoms with Crippen LogP contribution in [0, 0.1) is 0 Å². The summed E-state index contributed by atoms with van der Waals surface area (Å²) < 4.78 is 0. The zero-order valence-corrected chi connectivity index (χ0v) is 16.8. The van der Waals surface area contributed by atoms with Crippen LogP contribution in [-0.4, -0.2) is 4.98 Å². The molecular formula is C25H29N. The van der Waals surface area contributed by atoms with Crippen LogP contribution in [0.5, 0.6) is 0 Å². The Balaban J connectivity index is 2.15. The van der Waals surface area contributed by atoms with Crippen LogP contribution < -0.4 is 0 Å². The van der Waals surface area contributed by atoms with E-state index in [9.17, 15) is 0 Å². The summed E-state index contributed by atoms with van der Waals surface area (Å²) in [6, 6.07) is 21.8. The van der Waals surface area contributed by atoms with E-state index in [-0.39, 0.29) is 10.8 Å². The maximum atomic E-state index is 4.50. The third-order valence-corrected chi connectivity index (χ3v) is 4.82. The van der Waals surface area contributed by atoms with E-state index in [4.69, 9.17) is 0 Å². The topological polar surface area (TPSA) is 12.9 Å². The van der Waals surface area contributed by atoms with Gasteiger partial charge in [-0.2, -0.15) is 0 Å². The average molecular weight is 344 g/mol. The van der Waals surface area contributed by atoms with Gasteiger partial charge in [0.05, 0.1) is 5.69 Å². The summed E-state index contributed by atoms with van der Waals surface area (Å²) in [7, 11) is 0. The lowest BCUT2D eigenvalue weighted by molar-refractivity contribution is 0.569. The van der Waals surface area contributed by atoms with Crippen LogP contribution in [0.4, 0.5) is 0 Å². The summed E-state index contributed by atoms with van der Waals surface area (Å²) in [6.07, 6.45) is 1.85. The van der Waals surface area contributed by atoms with E-state index in [1.54, 1.807) is 0 Å². The Bertz CT molecular complexity index is 861. The molecule has 2 aromatic carbocycles. The highest BCUT2D eigenvalue weighted by molar-refractivity contribution is 5.72.